The molecule has 0 aliphatic heterocycles. The summed E-state index contributed by atoms with van der Waals surface area (Å²) in [5.41, 5.74) is 1.82. The van der Waals surface area contributed by atoms with E-state index in [1.54, 1.807) is 7.11 Å². The maximum absolute atomic E-state index is 9.06. The molecule has 0 radical (unpaired) electrons. The first-order chi connectivity index (χ1) is 10.2. The van der Waals surface area contributed by atoms with Crippen LogP contribution in [0.1, 0.15) is 36.8 Å². The van der Waals surface area contributed by atoms with Gasteiger partial charge in [-0.3, -0.25) is 0 Å². The second-order valence-corrected chi connectivity index (χ2v) is 6.77. The Morgan fingerprint density at radius 2 is 2.19 bits per heavy atom. The van der Waals surface area contributed by atoms with Crippen LogP contribution in [0.5, 0.6) is 5.75 Å². The van der Waals surface area contributed by atoms with Crippen LogP contribution in [0, 0.1) is 29.1 Å². The Labute approximate surface area is 127 Å². The number of hydrogen-bond acceptors (Lipinski definition) is 3. The molecule has 2 bridgehead atoms. The normalized spacial score (nSPS) is 27.0. The number of nitriles is 1. The molecule has 3 atom stereocenters. The van der Waals surface area contributed by atoms with Gasteiger partial charge in [0.15, 0.2) is 0 Å². The van der Waals surface area contributed by atoms with Crippen molar-refractivity contribution in [2.24, 2.45) is 17.8 Å². The van der Waals surface area contributed by atoms with E-state index in [1.807, 2.05) is 18.2 Å². The molecule has 21 heavy (non-hydrogen) atoms. The van der Waals surface area contributed by atoms with E-state index in [4.69, 9.17) is 10.00 Å². The number of ether oxygens (including phenoxy) is 1. The van der Waals surface area contributed by atoms with Gasteiger partial charge in [0.1, 0.15) is 5.75 Å². The molecule has 3 rings (SSSR count). The van der Waals surface area contributed by atoms with Gasteiger partial charge in [0, 0.05) is 18.7 Å². The summed E-state index contributed by atoms with van der Waals surface area (Å²) in [6.45, 7) is 2.02. The van der Waals surface area contributed by atoms with Crippen LogP contribution in [-0.2, 0) is 6.54 Å². The first-order valence-electron chi connectivity index (χ1n) is 7.95. The minimum Gasteiger partial charge on any atom is -0.496 e. The van der Waals surface area contributed by atoms with Gasteiger partial charge < -0.3 is 9.64 Å². The Balaban J connectivity index is 1.64. The number of rotatable bonds is 5. The molecule has 0 aromatic heterocycles. The summed E-state index contributed by atoms with van der Waals surface area (Å²) >= 11 is 0. The molecule has 1 aromatic carbocycles. The van der Waals surface area contributed by atoms with Crippen LogP contribution in [0.15, 0.2) is 18.2 Å². The Morgan fingerprint density at radius 1 is 1.33 bits per heavy atom. The van der Waals surface area contributed by atoms with Crippen molar-refractivity contribution in [1.82, 2.24) is 4.90 Å². The predicted molar refractivity (Wildman–Crippen MR) is 83.0 cm³/mol. The zero-order chi connectivity index (χ0) is 14.8. The van der Waals surface area contributed by atoms with Crippen LogP contribution in [0.4, 0.5) is 0 Å². The Kier molecular flexibility index (Phi) is 4.17. The summed E-state index contributed by atoms with van der Waals surface area (Å²) in [4.78, 5) is 2.39. The highest BCUT2D eigenvalue weighted by Gasteiger charge is 2.39. The third-order valence-electron chi connectivity index (χ3n) is 5.28. The minimum absolute atomic E-state index is 0.708. The lowest BCUT2D eigenvalue weighted by Gasteiger charge is -2.27. The minimum atomic E-state index is 0.708. The average Bonchev–Trinajstić information content (AvgIpc) is 3.09. The monoisotopic (exact) mass is 284 g/mol. The van der Waals surface area contributed by atoms with Gasteiger partial charge in [-0.15, -0.1) is 0 Å². The lowest BCUT2D eigenvalue weighted by molar-refractivity contribution is 0.213. The second-order valence-electron chi connectivity index (χ2n) is 6.77. The van der Waals surface area contributed by atoms with E-state index >= 15 is 0 Å². The zero-order valence-corrected chi connectivity index (χ0v) is 13.0. The highest BCUT2D eigenvalue weighted by molar-refractivity contribution is 5.42. The van der Waals surface area contributed by atoms with Gasteiger partial charge in [0.05, 0.1) is 18.7 Å². The van der Waals surface area contributed by atoms with Crippen molar-refractivity contribution in [2.45, 2.75) is 32.2 Å². The smallest absolute Gasteiger partial charge is 0.123 e. The van der Waals surface area contributed by atoms with Gasteiger partial charge in [-0.25, -0.2) is 0 Å². The largest absolute Gasteiger partial charge is 0.496 e. The fraction of sp³-hybridized carbons (Fsp3) is 0.611. The molecule has 112 valence electrons. The first kappa shape index (κ1) is 14.4. The fourth-order valence-electron chi connectivity index (χ4n) is 4.33. The van der Waals surface area contributed by atoms with E-state index in [0.717, 1.165) is 35.6 Å². The molecule has 1 aromatic rings. The number of nitrogens with zero attached hydrogens (tertiary/aromatic N) is 2. The molecule has 0 N–H and O–H groups in total. The molecule has 0 spiro atoms. The summed E-state index contributed by atoms with van der Waals surface area (Å²) in [5.74, 6) is 3.72. The predicted octanol–water partition coefficient (Wildman–Crippen LogP) is 3.43. The van der Waals surface area contributed by atoms with E-state index < -0.39 is 0 Å². The van der Waals surface area contributed by atoms with Crippen molar-refractivity contribution in [3.05, 3.63) is 29.3 Å². The Bertz CT molecular complexity index is 549. The third kappa shape index (κ3) is 3.06. The lowest BCUT2D eigenvalue weighted by atomic mass is 9.88. The molecule has 3 heteroatoms. The van der Waals surface area contributed by atoms with E-state index in [2.05, 4.69) is 18.0 Å². The van der Waals surface area contributed by atoms with Crippen molar-refractivity contribution < 1.29 is 4.74 Å². The van der Waals surface area contributed by atoms with E-state index in [1.165, 1.54) is 32.2 Å². The zero-order valence-electron chi connectivity index (χ0n) is 13.0. The van der Waals surface area contributed by atoms with Gasteiger partial charge in [-0.05, 0) is 62.3 Å². The lowest BCUT2D eigenvalue weighted by Crippen LogP contribution is -2.28. The molecule has 2 saturated carbocycles. The molecule has 2 aliphatic carbocycles. The van der Waals surface area contributed by atoms with Crippen LogP contribution in [0.2, 0.25) is 0 Å². The van der Waals surface area contributed by atoms with Crippen molar-refractivity contribution in [3.8, 4) is 11.8 Å². The summed E-state index contributed by atoms with van der Waals surface area (Å²) in [5, 5.41) is 9.06. The van der Waals surface area contributed by atoms with Crippen molar-refractivity contribution in [3.63, 3.8) is 0 Å². The second kappa shape index (κ2) is 6.07. The summed E-state index contributed by atoms with van der Waals surface area (Å²) in [6.07, 6.45) is 5.79. The molecule has 0 heterocycles. The summed E-state index contributed by atoms with van der Waals surface area (Å²) in [6, 6.07) is 7.89. The van der Waals surface area contributed by atoms with Crippen molar-refractivity contribution in [1.29, 1.82) is 5.26 Å². The molecule has 2 aliphatic rings. The molecule has 0 saturated heterocycles. The standard InChI is InChI=1S/C18H24N2O/c1-20(11-16-8-13-3-5-15(16)7-13)12-17-9-14(10-19)4-6-18(17)21-2/h4,6,9,13,15-16H,3,5,7-8,11-12H2,1-2H3. The van der Waals surface area contributed by atoms with Gasteiger partial charge in [-0.2, -0.15) is 5.26 Å². The van der Waals surface area contributed by atoms with Crippen LogP contribution >= 0.6 is 0 Å². The van der Waals surface area contributed by atoms with Crippen molar-refractivity contribution >= 4 is 0 Å². The number of fused-ring (bicyclic) bond motifs is 2. The molecule has 0 amide bonds. The molecular weight excluding hydrogens is 260 g/mol. The highest BCUT2D eigenvalue weighted by Crippen LogP contribution is 2.48. The third-order valence-corrected chi connectivity index (χ3v) is 5.28. The number of methoxy groups -OCH3 is 1. The molecule has 3 unspecified atom stereocenters. The molecule has 3 nitrogen and oxygen atoms in total. The van der Waals surface area contributed by atoms with Gasteiger partial charge in [-0.1, -0.05) is 6.42 Å². The number of hydrogen-bond donors (Lipinski definition) is 0. The van der Waals surface area contributed by atoms with Crippen LogP contribution in [0.3, 0.4) is 0 Å². The van der Waals surface area contributed by atoms with Gasteiger partial charge in [0.2, 0.25) is 0 Å². The van der Waals surface area contributed by atoms with Gasteiger partial charge >= 0.3 is 0 Å². The van der Waals surface area contributed by atoms with E-state index in [-0.39, 0.29) is 0 Å². The molecular formula is C18H24N2O. The van der Waals surface area contributed by atoms with E-state index in [0.29, 0.717) is 5.56 Å². The molecule has 2 fully saturated rings. The maximum atomic E-state index is 9.06. The SMILES string of the molecule is COc1ccc(C#N)cc1CN(C)CC1CC2CCC1C2. The first-order valence-corrected chi connectivity index (χ1v) is 7.95. The highest BCUT2D eigenvalue weighted by atomic mass is 16.5. The Morgan fingerprint density at radius 3 is 2.81 bits per heavy atom. The van der Waals surface area contributed by atoms with Crippen LogP contribution < -0.4 is 4.74 Å². The van der Waals surface area contributed by atoms with E-state index in [9.17, 15) is 0 Å². The quantitative estimate of drug-likeness (QED) is 0.831. The van der Waals surface area contributed by atoms with Gasteiger partial charge in [0.25, 0.3) is 0 Å². The number of benzene rings is 1. The van der Waals surface area contributed by atoms with Crippen LogP contribution in [0.25, 0.3) is 0 Å². The maximum Gasteiger partial charge on any atom is 0.123 e. The summed E-state index contributed by atoms with van der Waals surface area (Å²) < 4.78 is 5.43. The summed E-state index contributed by atoms with van der Waals surface area (Å²) in [7, 11) is 3.88. The van der Waals surface area contributed by atoms with Crippen LogP contribution in [-0.4, -0.2) is 25.6 Å². The fourth-order valence-corrected chi connectivity index (χ4v) is 4.33. The Hall–Kier alpha value is -1.53. The topological polar surface area (TPSA) is 36.3 Å². The average molecular weight is 284 g/mol. The van der Waals surface area contributed by atoms with Crippen molar-refractivity contribution in [2.75, 3.05) is 20.7 Å².